The summed E-state index contributed by atoms with van der Waals surface area (Å²) in [4.78, 5) is 12.4. The fourth-order valence-electron chi connectivity index (χ4n) is 5.07. The highest BCUT2D eigenvalue weighted by Gasteiger charge is 2.66. The van der Waals surface area contributed by atoms with Crippen LogP contribution in [0.4, 0.5) is 4.79 Å². The van der Waals surface area contributed by atoms with Gasteiger partial charge >= 0.3 is 6.03 Å². The van der Waals surface area contributed by atoms with Crippen molar-refractivity contribution in [3.63, 3.8) is 0 Å². The van der Waals surface area contributed by atoms with Gasteiger partial charge in [-0.15, -0.1) is 0 Å². The van der Waals surface area contributed by atoms with Gasteiger partial charge in [-0.25, -0.2) is 4.79 Å². The lowest BCUT2D eigenvalue weighted by Crippen LogP contribution is -2.72. The molecule has 1 aromatic carbocycles. The maximum atomic E-state index is 12.4. The molecule has 3 N–H and O–H groups in total. The largest absolute Gasteiger partial charge is 0.388 e. The van der Waals surface area contributed by atoms with Gasteiger partial charge in [0.25, 0.3) is 0 Å². The molecule has 1 saturated heterocycles. The molecule has 1 heterocycles. The monoisotopic (exact) mass is 344 g/mol. The Labute approximate surface area is 149 Å². The molecule has 5 unspecified atom stereocenters. The number of hydrogen-bond donors (Lipinski definition) is 3. The number of urea groups is 1. The van der Waals surface area contributed by atoms with Gasteiger partial charge < -0.3 is 20.5 Å². The van der Waals surface area contributed by atoms with Crippen LogP contribution in [0.15, 0.2) is 30.3 Å². The lowest BCUT2D eigenvalue weighted by molar-refractivity contribution is -0.172. The predicted molar refractivity (Wildman–Crippen MR) is 95.1 cm³/mol. The van der Waals surface area contributed by atoms with E-state index in [1.807, 2.05) is 37.3 Å². The van der Waals surface area contributed by atoms with Crippen molar-refractivity contribution in [2.75, 3.05) is 6.61 Å². The fourth-order valence-corrected chi connectivity index (χ4v) is 5.07. The molecule has 1 aromatic rings. The van der Waals surface area contributed by atoms with E-state index in [9.17, 15) is 9.90 Å². The summed E-state index contributed by atoms with van der Waals surface area (Å²) in [6.07, 6.45) is 4.94. The van der Waals surface area contributed by atoms with Crippen molar-refractivity contribution < 1.29 is 14.6 Å². The third-order valence-electron chi connectivity index (χ3n) is 6.46. The highest BCUT2D eigenvalue weighted by Crippen LogP contribution is 2.62. The van der Waals surface area contributed by atoms with Crippen LogP contribution in [-0.4, -0.2) is 35.9 Å². The number of ether oxygens (including phenoxy) is 1. The van der Waals surface area contributed by atoms with Crippen LogP contribution in [0.25, 0.3) is 0 Å². The maximum Gasteiger partial charge on any atom is 0.315 e. The van der Waals surface area contributed by atoms with Crippen molar-refractivity contribution in [1.29, 1.82) is 0 Å². The first-order valence-corrected chi connectivity index (χ1v) is 9.52. The molecule has 1 aliphatic heterocycles. The zero-order valence-electron chi connectivity index (χ0n) is 14.8. The quantitative estimate of drug-likeness (QED) is 0.769. The molecule has 5 nitrogen and oxygen atoms in total. The Morgan fingerprint density at radius 2 is 2.12 bits per heavy atom. The number of nitrogens with one attached hydrogen (secondary N) is 2. The highest BCUT2D eigenvalue weighted by molar-refractivity contribution is 5.75. The van der Waals surface area contributed by atoms with E-state index in [2.05, 4.69) is 10.6 Å². The molecular formula is C20H28N2O3. The van der Waals surface area contributed by atoms with Gasteiger partial charge in [0.15, 0.2) is 0 Å². The van der Waals surface area contributed by atoms with Gasteiger partial charge in [-0.2, -0.15) is 0 Å². The van der Waals surface area contributed by atoms with Crippen molar-refractivity contribution in [2.24, 2.45) is 11.3 Å². The summed E-state index contributed by atoms with van der Waals surface area (Å²) in [6.45, 7) is 2.77. The molecule has 0 radical (unpaired) electrons. The van der Waals surface area contributed by atoms with Crippen molar-refractivity contribution in [2.45, 2.75) is 63.3 Å². The number of benzene rings is 1. The number of carbonyl (C=O) groups is 1. The first kappa shape index (κ1) is 16.9. The minimum atomic E-state index is -0.564. The zero-order chi connectivity index (χ0) is 17.4. The Kier molecular flexibility index (Phi) is 4.46. The highest BCUT2D eigenvalue weighted by atomic mass is 16.5. The summed E-state index contributed by atoms with van der Waals surface area (Å²) in [5.41, 5.74) is 1.08. The Bertz CT molecular complexity index is 617. The summed E-state index contributed by atoms with van der Waals surface area (Å²) in [6, 6.07) is 9.62. The standard InChI is InChI=1S/C20H28N2O3/c1-13(12-16(23)14-6-3-2-4-7-14)21-19(24)22-17-15-8-11-25-18(15)20(17)9-5-10-20/h2-4,6-7,13,15-18,23H,5,8-12H2,1H3,(H2,21,22,24). The molecule has 4 rings (SSSR count). The van der Waals surface area contributed by atoms with E-state index in [-0.39, 0.29) is 23.5 Å². The topological polar surface area (TPSA) is 70.6 Å². The van der Waals surface area contributed by atoms with Crippen molar-refractivity contribution in [1.82, 2.24) is 10.6 Å². The van der Waals surface area contributed by atoms with Gasteiger partial charge in [0.1, 0.15) is 0 Å². The lowest BCUT2D eigenvalue weighted by Gasteiger charge is -2.63. The Morgan fingerprint density at radius 3 is 2.80 bits per heavy atom. The number of carbonyl (C=O) groups excluding carboxylic acids is 1. The average molecular weight is 344 g/mol. The van der Waals surface area contributed by atoms with Crippen LogP contribution in [-0.2, 0) is 4.74 Å². The van der Waals surface area contributed by atoms with Crippen molar-refractivity contribution in [3.8, 4) is 0 Å². The van der Waals surface area contributed by atoms with E-state index >= 15 is 0 Å². The van der Waals surface area contributed by atoms with E-state index in [0.717, 1.165) is 18.6 Å². The first-order valence-electron chi connectivity index (χ1n) is 9.52. The summed E-state index contributed by atoms with van der Waals surface area (Å²) < 4.78 is 5.90. The molecule has 2 amide bonds. The molecule has 2 aliphatic carbocycles. The van der Waals surface area contributed by atoms with Crippen LogP contribution in [0.3, 0.4) is 0 Å². The minimum absolute atomic E-state index is 0.0942. The average Bonchev–Trinajstić information content (AvgIpc) is 2.97. The number of aliphatic hydroxyl groups excluding tert-OH is 1. The molecule has 3 fully saturated rings. The number of hydrogen-bond acceptors (Lipinski definition) is 3. The fraction of sp³-hybridized carbons (Fsp3) is 0.650. The SMILES string of the molecule is CC(CC(O)c1ccccc1)NC(=O)NC1C2CCOC2C12CCC2. The van der Waals surface area contributed by atoms with E-state index < -0.39 is 6.10 Å². The van der Waals surface area contributed by atoms with Gasteiger partial charge in [-0.3, -0.25) is 0 Å². The number of rotatable bonds is 5. The minimum Gasteiger partial charge on any atom is -0.388 e. The number of aliphatic hydroxyl groups is 1. The van der Waals surface area contributed by atoms with Crippen LogP contribution in [0.5, 0.6) is 0 Å². The Morgan fingerprint density at radius 1 is 1.36 bits per heavy atom. The molecule has 1 spiro atoms. The van der Waals surface area contributed by atoms with Crippen LogP contribution in [0.1, 0.15) is 50.7 Å². The smallest absolute Gasteiger partial charge is 0.315 e. The van der Waals surface area contributed by atoms with Crippen LogP contribution in [0, 0.1) is 11.3 Å². The van der Waals surface area contributed by atoms with Gasteiger partial charge in [-0.1, -0.05) is 36.8 Å². The van der Waals surface area contributed by atoms with Gasteiger partial charge in [0.05, 0.1) is 12.2 Å². The molecule has 0 aromatic heterocycles. The van der Waals surface area contributed by atoms with Gasteiger partial charge in [0, 0.05) is 30.0 Å². The van der Waals surface area contributed by atoms with Crippen LogP contribution >= 0.6 is 0 Å². The second-order valence-corrected chi connectivity index (χ2v) is 7.99. The maximum absolute atomic E-state index is 12.4. The van der Waals surface area contributed by atoms with Gasteiger partial charge in [0.2, 0.25) is 0 Å². The first-order chi connectivity index (χ1) is 12.1. The van der Waals surface area contributed by atoms with E-state index in [4.69, 9.17) is 4.74 Å². The summed E-state index contributed by atoms with van der Waals surface area (Å²) >= 11 is 0. The molecular weight excluding hydrogens is 316 g/mol. The molecule has 3 aliphatic rings. The number of amides is 2. The Balaban J connectivity index is 1.29. The molecule has 2 saturated carbocycles. The molecule has 0 bridgehead atoms. The summed E-state index contributed by atoms with van der Waals surface area (Å²) in [5, 5.41) is 16.5. The van der Waals surface area contributed by atoms with E-state index in [1.165, 1.54) is 19.3 Å². The van der Waals surface area contributed by atoms with Crippen molar-refractivity contribution >= 4 is 6.03 Å². The zero-order valence-corrected chi connectivity index (χ0v) is 14.8. The number of fused-ring (bicyclic) bond motifs is 2. The van der Waals surface area contributed by atoms with E-state index in [0.29, 0.717) is 18.4 Å². The normalized spacial score (nSPS) is 31.4. The lowest BCUT2D eigenvalue weighted by atomic mass is 9.46. The molecule has 136 valence electrons. The van der Waals surface area contributed by atoms with Gasteiger partial charge in [-0.05, 0) is 38.2 Å². The third kappa shape index (κ3) is 2.93. The molecule has 5 heteroatoms. The van der Waals surface area contributed by atoms with E-state index in [1.54, 1.807) is 0 Å². The second-order valence-electron chi connectivity index (χ2n) is 7.99. The Hall–Kier alpha value is -1.59. The summed E-state index contributed by atoms with van der Waals surface area (Å²) in [7, 11) is 0. The third-order valence-corrected chi connectivity index (χ3v) is 6.46. The molecule has 25 heavy (non-hydrogen) atoms. The molecule has 5 atom stereocenters. The van der Waals surface area contributed by atoms with Crippen molar-refractivity contribution in [3.05, 3.63) is 35.9 Å². The second kappa shape index (κ2) is 6.61. The predicted octanol–water partition coefficient (Wildman–Crippen LogP) is 2.76. The van der Waals surface area contributed by atoms with Crippen LogP contribution in [0.2, 0.25) is 0 Å². The summed E-state index contributed by atoms with van der Waals surface area (Å²) in [5.74, 6) is 0.483. The van der Waals surface area contributed by atoms with Crippen LogP contribution < -0.4 is 10.6 Å².